The number of carbonyl (C=O) groups excluding carboxylic acids is 1. The summed E-state index contributed by atoms with van der Waals surface area (Å²) in [6, 6.07) is 5.90. The molecule has 302 valence electrons. The molecular weight excluding hydrogens is 713 g/mol. The normalized spacial score (nSPS) is 15.0. The molecule has 1 unspecified atom stereocenters. The first-order valence-electron chi connectivity index (χ1n) is 19.2. The van der Waals surface area contributed by atoms with E-state index in [-0.39, 0.29) is 42.4 Å². The topological polar surface area (TPSA) is 183 Å². The molecule has 0 spiro atoms. The third kappa shape index (κ3) is 9.63. The molecule has 3 aromatic heterocycles. The number of aromatic nitrogens is 4. The molecule has 0 aromatic carbocycles. The SMILES string of the molecule is C=Cc1c(C)c2cc3nc(c(CC(=O)N(C)CCOC)c4nc(cc5[nH]c(cc1[nH]2)c(C)c5CC)C(C)=C4C(=O)O)[C@@H](CCC(=O)O)C3C.CCNCCOC. The lowest BCUT2D eigenvalue weighted by Gasteiger charge is -2.20. The Morgan fingerprint density at radius 2 is 1.62 bits per heavy atom. The zero-order valence-corrected chi connectivity index (χ0v) is 34.3. The molecule has 56 heavy (non-hydrogen) atoms. The molecule has 2 atom stereocenters. The number of rotatable bonds is 15. The molecule has 0 saturated carbocycles. The molecule has 13 nitrogen and oxygen atoms in total. The van der Waals surface area contributed by atoms with E-state index >= 15 is 0 Å². The van der Waals surface area contributed by atoms with Gasteiger partial charge in [0.1, 0.15) is 0 Å². The maximum absolute atomic E-state index is 13.8. The fraction of sp³-hybridized carbons (Fsp3) is 0.465. The zero-order chi connectivity index (χ0) is 41.3. The zero-order valence-electron chi connectivity index (χ0n) is 34.3. The molecule has 0 fully saturated rings. The van der Waals surface area contributed by atoms with Crippen LogP contribution in [0.5, 0.6) is 0 Å². The number of hydrogen-bond acceptors (Lipinski definition) is 8. The van der Waals surface area contributed by atoms with Crippen LogP contribution >= 0.6 is 0 Å². The Labute approximate surface area is 329 Å². The van der Waals surface area contributed by atoms with Crippen molar-refractivity contribution in [2.75, 3.05) is 54.1 Å². The number of likely N-dealkylation sites (N-methyl/N-ethyl adjacent to an activating group) is 2. The van der Waals surface area contributed by atoms with Crippen molar-refractivity contribution in [3.63, 3.8) is 0 Å². The van der Waals surface area contributed by atoms with Crippen molar-refractivity contribution in [1.82, 2.24) is 30.2 Å². The number of aromatic amines is 2. The maximum atomic E-state index is 13.8. The largest absolute Gasteiger partial charge is 0.481 e. The van der Waals surface area contributed by atoms with E-state index < -0.39 is 17.9 Å². The van der Waals surface area contributed by atoms with Crippen molar-refractivity contribution >= 4 is 57.1 Å². The second-order valence-electron chi connectivity index (χ2n) is 14.2. The van der Waals surface area contributed by atoms with Crippen LogP contribution in [0.3, 0.4) is 0 Å². The number of carbonyl (C=O) groups is 3. The van der Waals surface area contributed by atoms with Crippen molar-refractivity contribution < 1.29 is 34.1 Å². The number of hydrogen-bond donors (Lipinski definition) is 5. The van der Waals surface area contributed by atoms with E-state index in [0.717, 1.165) is 70.4 Å². The molecule has 8 bridgehead atoms. The highest BCUT2D eigenvalue weighted by atomic mass is 16.5. The molecule has 5 N–H and O–H groups in total. The van der Waals surface area contributed by atoms with Crippen molar-refractivity contribution in [2.45, 2.75) is 79.1 Å². The molecule has 5 rings (SSSR count). The van der Waals surface area contributed by atoms with Gasteiger partial charge in [-0.1, -0.05) is 33.4 Å². The quantitative estimate of drug-likeness (QED) is 0.103. The van der Waals surface area contributed by atoms with Gasteiger partial charge in [0, 0.05) is 91.5 Å². The van der Waals surface area contributed by atoms with Gasteiger partial charge in [0.05, 0.1) is 42.3 Å². The van der Waals surface area contributed by atoms with Crippen LogP contribution in [0.2, 0.25) is 0 Å². The molecular formula is C43H58N6O7. The van der Waals surface area contributed by atoms with E-state index in [2.05, 4.69) is 48.7 Å². The molecule has 0 radical (unpaired) electrons. The highest BCUT2D eigenvalue weighted by Gasteiger charge is 2.36. The molecule has 0 saturated heterocycles. The Hall–Kier alpha value is -5.11. The lowest BCUT2D eigenvalue weighted by Crippen LogP contribution is -2.32. The number of aryl methyl sites for hydroxylation is 3. The first-order chi connectivity index (χ1) is 26.7. The van der Waals surface area contributed by atoms with Crippen LogP contribution < -0.4 is 5.32 Å². The van der Waals surface area contributed by atoms with Crippen LogP contribution in [0.4, 0.5) is 0 Å². The minimum absolute atomic E-state index is 0.00384. The molecule has 2 aliphatic rings. The first-order valence-corrected chi connectivity index (χ1v) is 19.2. The number of methoxy groups -OCH3 is 2. The van der Waals surface area contributed by atoms with Crippen LogP contribution in [-0.4, -0.2) is 107 Å². The van der Waals surface area contributed by atoms with Crippen LogP contribution in [-0.2, 0) is 36.7 Å². The number of H-pyrrole nitrogens is 2. The average molecular weight is 771 g/mol. The second-order valence-corrected chi connectivity index (χ2v) is 14.2. The van der Waals surface area contributed by atoms with E-state index in [9.17, 15) is 24.6 Å². The number of fused-ring (bicyclic) bond motifs is 8. The van der Waals surface area contributed by atoms with Gasteiger partial charge in [-0.25, -0.2) is 9.78 Å². The monoisotopic (exact) mass is 770 g/mol. The predicted octanol–water partition coefficient (Wildman–Crippen LogP) is 6.79. The molecule has 1 amide bonds. The Balaban J connectivity index is 0.000000908. The van der Waals surface area contributed by atoms with Crippen molar-refractivity contribution in [1.29, 1.82) is 0 Å². The van der Waals surface area contributed by atoms with Gasteiger partial charge < -0.3 is 39.9 Å². The minimum Gasteiger partial charge on any atom is -0.481 e. The summed E-state index contributed by atoms with van der Waals surface area (Å²) in [5.41, 5.74) is 10.2. The smallest absolute Gasteiger partial charge is 0.338 e. The number of allylic oxidation sites excluding steroid dienone is 1. The molecule has 0 aliphatic carbocycles. The van der Waals surface area contributed by atoms with Crippen molar-refractivity contribution in [3.8, 4) is 0 Å². The summed E-state index contributed by atoms with van der Waals surface area (Å²) in [4.78, 5) is 57.3. The Bertz CT molecular complexity index is 2140. The van der Waals surface area contributed by atoms with Crippen LogP contribution in [0, 0.1) is 13.8 Å². The standard InChI is InChI=1S/C38H45N5O6.C5H13NO/c1-9-23-19(3)27-16-29-21(5)25(11-12-34(45)46)36(41-29)26(15-33(44)43(7)13-14-49-8)37-35(38(47)48)22(6)30(42-37)18-32-24(10-2)20(4)28(40-32)17-31(23)39-27;1-3-6-4-5-7-2/h9,16-18,21,25,39-40H,1,10-15H2,2-8H3,(H,45,46)(H,47,48);6H,3-5H2,1-2H3/t21?,25-;/m0./s1. The molecule has 3 aromatic rings. The van der Waals surface area contributed by atoms with E-state index in [4.69, 9.17) is 19.4 Å². The number of nitrogens with one attached hydrogen (secondary N) is 3. The van der Waals surface area contributed by atoms with Gasteiger partial charge in [-0.05, 0) is 80.6 Å². The lowest BCUT2D eigenvalue weighted by molar-refractivity contribution is -0.137. The van der Waals surface area contributed by atoms with Crippen LogP contribution in [0.1, 0.15) is 103 Å². The average Bonchev–Trinajstić information content (AvgIpc) is 3.85. The van der Waals surface area contributed by atoms with Gasteiger partial charge in [0.2, 0.25) is 5.91 Å². The van der Waals surface area contributed by atoms with E-state index in [0.29, 0.717) is 41.4 Å². The number of nitrogens with zero attached hydrogens (tertiary/aromatic N) is 3. The highest BCUT2D eigenvalue weighted by Crippen LogP contribution is 2.44. The minimum atomic E-state index is -1.17. The molecule has 2 aliphatic heterocycles. The van der Waals surface area contributed by atoms with Gasteiger partial charge in [-0.2, -0.15) is 0 Å². The van der Waals surface area contributed by atoms with Gasteiger partial charge in [-0.3, -0.25) is 14.6 Å². The van der Waals surface area contributed by atoms with Crippen LogP contribution in [0.15, 0.2) is 24.8 Å². The Kier molecular flexibility index (Phi) is 15.3. The summed E-state index contributed by atoms with van der Waals surface area (Å²) < 4.78 is 9.97. The highest BCUT2D eigenvalue weighted by molar-refractivity contribution is 6.24. The predicted molar refractivity (Wildman–Crippen MR) is 222 cm³/mol. The number of ether oxygens (including phenoxy) is 2. The van der Waals surface area contributed by atoms with Gasteiger partial charge in [-0.15, -0.1) is 0 Å². The summed E-state index contributed by atoms with van der Waals surface area (Å²) in [5, 5.41) is 23.4. The van der Waals surface area contributed by atoms with E-state index in [1.54, 1.807) is 28.2 Å². The van der Waals surface area contributed by atoms with Crippen LogP contribution in [0.25, 0.3) is 39.3 Å². The third-order valence-corrected chi connectivity index (χ3v) is 10.7. The number of carboxylic acid groups (broad SMARTS) is 2. The number of carboxylic acids is 2. The summed E-state index contributed by atoms with van der Waals surface area (Å²) in [5.74, 6) is -3.02. The maximum Gasteiger partial charge on any atom is 0.338 e. The lowest BCUT2D eigenvalue weighted by atomic mass is 9.84. The fourth-order valence-electron chi connectivity index (χ4n) is 7.37. The van der Waals surface area contributed by atoms with Gasteiger partial charge >= 0.3 is 11.9 Å². The van der Waals surface area contributed by atoms with E-state index in [1.165, 1.54) is 4.90 Å². The number of aliphatic carboxylic acids is 2. The second kappa shape index (κ2) is 19.7. The number of amides is 1. The third-order valence-electron chi connectivity index (χ3n) is 10.7. The fourth-order valence-corrected chi connectivity index (χ4v) is 7.37. The Morgan fingerprint density at radius 1 is 0.946 bits per heavy atom. The van der Waals surface area contributed by atoms with Crippen molar-refractivity contribution in [2.24, 2.45) is 0 Å². The first kappa shape index (κ1) is 43.6. The molecule has 13 heteroatoms. The summed E-state index contributed by atoms with van der Waals surface area (Å²) in [7, 11) is 4.93. The molecule has 5 heterocycles. The summed E-state index contributed by atoms with van der Waals surface area (Å²) in [6.45, 7) is 19.5. The van der Waals surface area contributed by atoms with Crippen molar-refractivity contribution in [3.05, 3.63) is 75.4 Å². The summed E-state index contributed by atoms with van der Waals surface area (Å²) in [6.07, 6.45) is 2.51. The summed E-state index contributed by atoms with van der Waals surface area (Å²) >= 11 is 0. The van der Waals surface area contributed by atoms with E-state index in [1.807, 2.05) is 32.1 Å². The van der Waals surface area contributed by atoms with Gasteiger partial charge in [0.25, 0.3) is 0 Å². The Morgan fingerprint density at radius 3 is 2.23 bits per heavy atom. The van der Waals surface area contributed by atoms with Gasteiger partial charge in [0.15, 0.2) is 0 Å².